The maximum atomic E-state index is 13.7. The molecule has 1 fully saturated rings. The Balaban J connectivity index is 2.10. The molecule has 0 saturated carbocycles. The van der Waals surface area contributed by atoms with Gasteiger partial charge in [-0.2, -0.15) is 0 Å². The lowest BCUT2D eigenvalue weighted by molar-refractivity contribution is -0.162. The normalized spacial score (nSPS) is 15.4. The number of carbonyl (C=O) groups is 3. The highest BCUT2D eigenvalue weighted by Gasteiger charge is 2.32. The topological polar surface area (TPSA) is 93.2 Å². The van der Waals surface area contributed by atoms with Crippen molar-refractivity contribution < 1.29 is 28.4 Å². The molecule has 0 aromatic heterocycles. The summed E-state index contributed by atoms with van der Waals surface area (Å²) < 4.78 is 26.7. The van der Waals surface area contributed by atoms with Crippen molar-refractivity contribution in [2.45, 2.75) is 19.8 Å². The van der Waals surface area contributed by atoms with Crippen LogP contribution in [0.2, 0.25) is 0 Å². The van der Waals surface area contributed by atoms with Crippen LogP contribution in [0.3, 0.4) is 0 Å². The van der Waals surface area contributed by atoms with Crippen LogP contribution in [0.15, 0.2) is 18.2 Å². The predicted molar refractivity (Wildman–Crippen MR) is 86.8 cm³/mol. The highest BCUT2D eigenvalue weighted by molar-refractivity contribution is 5.91. The van der Waals surface area contributed by atoms with E-state index in [1.165, 1.54) is 11.9 Å². The van der Waals surface area contributed by atoms with Crippen molar-refractivity contribution in [3.63, 3.8) is 0 Å². The van der Waals surface area contributed by atoms with Crippen molar-refractivity contribution in [1.82, 2.24) is 15.1 Å². The molecule has 1 aliphatic heterocycles. The van der Waals surface area contributed by atoms with Crippen LogP contribution in [0.25, 0.3) is 0 Å². The molecular formula is C16H20F2N4O4. The SMILES string of the molecule is CC(CN(O)C=O)C(=O)N1CCCCN1C(=O)Nc1ccc(F)cc1F. The Hall–Kier alpha value is -2.75. The van der Waals surface area contributed by atoms with Gasteiger partial charge in [-0.05, 0) is 25.0 Å². The third kappa shape index (κ3) is 4.66. The fraction of sp³-hybridized carbons (Fsp3) is 0.438. The summed E-state index contributed by atoms with van der Waals surface area (Å²) in [7, 11) is 0. The first-order valence-corrected chi connectivity index (χ1v) is 8.09. The minimum Gasteiger partial charge on any atom is -0.304 e. The summed E-state index contributed by atoms with van der Waals surface area (Å²) in [5.41, 5.74) is -0.204. The van der Waals surface area contributed by atoms with E-state index < -0.39 is 29.5 Å². The largest absolute Gasteiger partial charge is 0.340 e. The van der Waals surface area contributed by atoms with Crippen LogP contribution in [0.1, 0.15) is 19.8 Å². The standard InChI is InChI=1S/C16H20F2N4O4/c1-11(9-20(26)10-23)15(24)21-6-2-3-7-22(21)16(25)19-14-5-4-12(17)8-13(14)18/h4-5,8,10-11,26H,2-3,6-7,9H2,1H3,(H,19,25). The van der Waals surface area contributed by atoms with Crippen LogP contribution < -0.4 is 5.32 Å². The number of hydrazine groups is 1. The van der Waals surface area contributed by atoms with E-state index in [1.54, 1.807) is 0 Å². The molecule has 0 aliphatic carbocycles. The quantitative estimate of drug-likeness (QED) is 0.470. The molecule has 1 aliphatic rings. The van der Waals surface area contributed by atoms with E-state index >= 15 is 0 Å². The van der Waals surface area contributed by atoms with Crippen molar-refractivity contribution in [2.75, 3.05) is 25.0 Å². The second-order valence-electron chi connectivity index (χ2n) is 5.97. The number of urea groups is 1. The van der Waals surface area contributed by atoms with E-state index in [9.17, 15) is 28.4 Å². The van der Waals surface area contributed by atoms with Gasteiger partial charge >= 0.3 is 6.03 Å². The Labute approximate surface area is 148 Å². The summed E-state index contributed by atoms with van der Waals surface area (Å²) in [4.78, 5) is 35.5. The number of halogens is 2. The second-order valence-corrected chi connectivity index (χ2v) is 5.97. The Bertz CT molecular complexity index is 688. The molecule has 0 bridgehead atoms. The summed E-state index contributed by atoms with van der Waals surface area (Å²) in [5, 5.41) is 14.3. The number of rotatable bonds is 5. The van der Waals surface area contributed by atoms with E-state index in [-0.39, 0.29) is 31.7 Å². The number of nitrogens with zero attached hydrogens (tertiary/aromatic N) is 3. The molecule has 2 rings (SSSR count). The zero-order valence-corrected chi connectivity index (χ0v) is 14.2. The van der Waals surface area contributed by atoms with Gasteiger partial charge in [0, 0.05) is 19.2 Å². The lowest BCUT2D eigenvalue weighted by Crippen LogP contribution is -2.56. The number of hydrogen-bond donors (Lipinski definition) is 2. The number of nitrogens with one attached hydrogen (secondary N) is 1. The Kier molecular flexibility index (Phi) is 6.45. The molecule has 0 radical (unpaired) electrons. The van der Waals surface area contributed by atoms with E-state index in [0.29, 0.717) is 24.0 Å². The van der Waals surface area contributed by atoms with E-state index in [2.05, 4.69) is 5.32 Å². The van der Waals surface area contributed by atoms with Gasteiger partial charge in [-0.1, -0.05) is 6.92 Å². The van der Waals surface area contributed by atoms with E-state index in [4.69, 9.17) is 0 Å². The van der Waals surface area contributed by atoms with Crippen LogP contribution >= 0.6 is 0 Å². The van der Waals surface area contributed by atoms with E-state index in [1.807, 2.05) is 0 Å². The van der Waals surface area contributed by atoms with E-state index in [0.717, 1.165) is 17.1 Å². The predicted octanol–water partition coefficient (Wildman–Crippen LogP) is 1.82. The molecule has 26 heavy (non-hydrogen) atoms. The van der Waals surface area contributed by atoms with Crippen molar-refractivity contribution in [3.8, 4) is 0 Å². The Morgan fingerprint density at radius 2 is 1.96 bits per heavy atom. The molecule has 1 heterocycles. The van der Waals surface area contributed by atoms with Gasteiger partial charge in [0.05, 0.1) is 18.2 Å². The Morgan fingerprint density at radius 1 is 1.31 bits per heavy atom. The first-order valence-electron chi connectivity index (χ1n) is 8.09. The Morgan fingerprint density at radius 3 is 2.58 bits per heavy atom. The number of hydrogen-bond acceptors (Lipinski definition) is 4. The van der Waals surface area contributed by atoms with Crippen molar-refractivity contribution in [1.29, 1.82) is 0 Å². The first kappa shape index (κ1) is 19.6. The molecule has 142 valence electrons. The highest BCUT2D eigenvalue weighted by atomic mass is 19.1. The van der Waals surface area contributed by atoms with Crippen LogP contribution in [0, 0.1) is 17.6 Å². The maximum absolute atomic E-state index is 13.7. The summed E-state index contributed by atoms with van der Waals surface area (Å²) in [6.07, 6.45) is 1.50. The van der Waals surface area contributed by atoms with Gasteiger partial charge in [0.25, 0.3) is 0 Å². The maximum Gasteiger partial charge on any atom is 0.340 e. The number of anilines is 1. The van der Waals surface area contributed by atoms with Crippen molar-refractivity contribution in [3.05, 3.63) is 29.8 Å². The summed E-state index contributed by atoms with van der Waals surface area (Å²) in [5.74, 6) is -2.90. The van der Waals surface area contributed by atoms with Crippen LogP contribution in [-0.4, -0.2) is 58.3 Å². The molecule has 1 aromatic rings. The number of hydroxylamine groups is 2. The molecule has 8 nitrogen and oxygen atoms in total. The fourth-order valence-corrected chi connectivity index (χ4v) is 2.63. The van der Waals surface area contributed by atoms with Crippen LogP contribution in [-0.2, 0) is 9.59 Å². The zero-order valence-electron chi connectivity index (χ0n) is 14.2. The smallest absolute Gasteiger partial charge is 0.304 e. The average Bonchev–Trinajstić information content (AvgIpc) is 2.63. The summed E-state index contributed by atoms with van der Waals surface area (Å²) in [6, 6.07) is 2.02. The minimum absolute atomic E-state index is 0.182. The van der Waals surface area contributed by atoms with Gasteiger partial charge in [0.1, 0.15) is 11.6 Å². The molecule has 10 heteroatoms. The van der Waals surface area contributed by atoms with Gasteiger partial charge in [-0.15, -0.1) is 0 Å². The van der Waals surface area contributed by atoms with Gasteiger partial charge in [0.15, 0.2) is 0 Å². The molecule has 4 amide bonds. The minimum atomic E-state index is -0.927. The van der Waals surface area contributed by atoms with Crippen LogP contribution in [0.4, 0.5) is 19.3 Å². The lowest BCUT2D eigenvalue weighted by Gasteiger charge is -2.39. The fourth-order valence-electron chi connectivity index (χ4n) is 2.63. The van der Waals surface area contributed by atoms with Crippen LogP contribution in [0.5, 0.6) is 0 Å². The average molecular weight is 370 g/mol. The molecule has 2 N–H and O–H groups in total. The third-order valence-corrected chi connectivity index (χ3v) is 3.95. The second kappa shape index (κ2) is 8.56. The van der Waals surface area contributed by atoms with Crippen molar-refractivity contribution in [2.24, 2.45) is 5.92 Å². The molecule has 1 aromatic carbocycles. The summed E-state index contributed by atoms with van der Waals surface area (Å²) in [6.45, 7) is 1.80. The van der Waals surface area contributed by atoms with Crippen molar-refractivity contribution >= 4 is 24.0 Å². The van der Waals surface area contributed by atoms with Gasteiger partial charge in [0.2, 0.25) is 12.3 Å². The first-order chi connectivity index (χ1) is 12.3. The molecule has 0 spiro atoms. The molecule has 1 atom stereocenters. The number of amides is 4. The molecular weight excluding hydrogens is 350 g/mol. The molecule has 1 saturated heterocycles. The number of benzene rings is 1. The van der Waals surface area contributed by atoms with Gasteiger partial charge in [-0.25, -0.2) is 28.7 Å². The zero-order chi connectivity index (χ0) is 19.3. The van der Waals surface area contributed by atoms with Gasteiger partial charge < -0.3 is 5.32 Å². The summed E-state index contributed by atoms with van der Waals surface area (Å²) >= 11 is 0. The monoisotopic (exact) mass is 370 g/mol. The lowest BCUT2D eigenvalue weighted by atomic mass is 10.1. The highest BCUT2D eigenvalue weighted by Crippen LogP contribution is 2.19. The van der Waals surface area contributed by atoms with Gasteiger partial charge in [-0.3, -0.25) is 14.8 Å². The third-order valence-electron chi connectivity index (χ3n) is 3.95. The molecule has 1 unspecified atom stereocenters. The number of carbonyl (C=O) groups excluding carboxylic acids is 3.